The van der Waals surface area contributed by atoms with Gasteiger partial charge in [-0.25, -0.2) is 9.97 Å². The van der Waals surface area contributed by atoms with Crippen LogP contribution in [0.3, 0.4) is 0 Å². The van der Waals surface area contributed by atoms with Gasteiger partial charge in [-0.3, -0.25) is 0 Å². The van der Waals surface area contributed by atoms with Crippen molar-refractivity contribution in [3.63, 3.8) is 0 Å². The van der Waals surface area contributed by atoms with E-state index >= 15 is 0 Å². The number of nitrogens with one attached hydrogen (secondary N) is 1. The first-order valence-electron chi connectivity index (χ1n) is 11.1. The van der Waals surface area contributed by atoms with Crippen LogP contribution in [0, 0.1) is 0 Å². The van der Waals surface area contributed by atoms with Crippen molar-refractivity contribution in [3.05, 3.63) is 48.9 Å². The molecule has 2 aromatic heterocycles. The highest BCUT2D eigenvalue weighted by atomic mass is 16.5. The molecule has 4 aromatic rings. The number of nitrogens with zero attached hydrogens (tertiary/aromatic N) is 3. The summed E-state index contributed by atoms with van der Waals surface area (Å²) in [6.07, 6.45) is 6.28. The number of hydrogen-bond donors (Lipinski definition) is 3. The molecule has 1 aliphatic rings. The minimum Gasteiger partial charge on any atom is -0.490 e. The second kappa shape index (κ2) is 8.07. The summed E-state index contributed by atoms with van der Waals surface area (Å²) in [5.41, 5.74) is 7.71. The standard InChI is InChI=1S/C25H29N5O2/c1-25(2,31)14-30-13-21(22-23(27-10-9-26)28-15-29-24(22)30)18-4-3-17-12-20(32-19-7-8-19)6-5-16(17)11-18/h3-6,11-13,15,19,31H,7-10,14,26H2,1-2H3,(H,27,28,29). The molecule has 1 aliphatic carbocycles. The lowest BCUT2D eigenvalue weighted by molar-refractivity contribution is 0.0627. The van der Waals surface area contributed by atoms with E-state index in [-0.39, 0.29) is 0 Å². The zero-order chi connectivity index (χ0) is 22.3. The maximum absolute atomic E-state index is 10.4. The van der Waals surface area contributed by atoms with Crippen molar-refractivity contribution in [2.45, 2.75) is 44.9 Å². The van der Waals surface area contributed by atoms with Gasteiger partial charge in [-0.2, -0.15) is 0 Å². The number of benzene rings is 2. The zero-order valence-corrected chi connectivity index (χ0v) is 18.5. The van der Waals surface area contributed by atoms with E-state index in [9.17, 15) is 5.11 Å². The first-order chi connectivity index (χ1) is 15.4. The predicted octanol–water partition coefficient (Wildman–Crippen LogP) is 3.93. The van der Waals surface area contributed by atoms with E-state index in [1.807, 2.05) is 10.6 Å². The van der Waals surface area contributed by atoms with E-state index in [1.54, 1.807) is 20.2 Å². The van der Waals surface area contributed by atoms with E-state index < -0.39 is 5.60 Å². The van der Waals surface area contributed by atoms with Crippen molar-refractivity contribution < 1.29 is 9.84 Å². The second-order valence-electron chi connectivity index (χ2n) is 9.16. The van der Waals surface area contributed by atoms with Gasteiger partial charge in [0, 0.05) is 24.8 Å². The third-order valence-electron chi connectivity index (χ3n) is 5.60. The number of nitrogens with two attached hydrogens (primary N) is 1. The van der Waals surface area contributed by atoms with Gasteiger partial charge in [-0.1, -0.05) is 18.2 Å². The Morgan fingerprint density at radius 3 is 2.69 bits per heavy atom. The maximum atomic E-state index is 10.4. The number of aromatic nitrogens is 3. The summed E-state index contributed by atoms with van der Waals surface area (Å²) in [5, 5.41) is 17.0. The first-order valence-corrected chi connectivity index (χ1v) is 11.1. The van der Waals surface area contributed by atoms with Gasteiger partial charge in [-0.15, -0.1) is 0 Å². The molecule has 0 atom stereocenters. The van der Waals surface area contributed by atoms with E-state index in [1.165, 1.54) is 0 Å². The molecule has 0 aliphatic heterocycles. The van der Waals surface area contributed by atoms with Gasteiger partial charge in [0.2, 0.25) is 0 Å². The van der Waals surface area contributed by atoms with Crippen LogP contribution >= 0.6 is 0 Å². The molecule has 1 saturated carbocycles. The van der Waals surface area contributed by atoms with Crippen LogP contribution in [-0.2, 0) is 6.54 Å². The largest absolute Gasteiger partial charge is 0.490 e. The van der Waals surface area contributed by atoms with Crippen molar-refractivity contribution in [2.75, 3.05) is 18.4 Å². The van der Waals surface area contributed by atoms with Crippen LogP contribution in [0.25, 0.3) is 32.9 Å². The zero-order valence-electron chi connectivity index (χ0n) is 18.5. The molecule has 0 bridgehead atoms. The smallest absolute Gasteiger partial charge is 0.146 e. The third kappa shape index (κ3) is 4.26. The van der Waals surface area contributed by atoms with E-state index in [0.717, 1.165) is 57.3 Å². The number of aliphatic hydroxyl groups is 1. The van der Waals surface area contributed by atoms with Crippen molar-refractivity contribution in [1.82, 2.24) is 14.5 Å². The lowest BCUT2D eigenvalue weighted by atomic mass is 10.0. The van der Waals surface area contributed by atoms with Crippen LogP contribution in [0.5, 0.6) is 5.75 Å². The summed E-state index contributed by atoms with van der Waals surface area (Å²) in [7, 11) is 0. The van der Waals surface area contributed by atoms with Crippen LogP contribution in [0.15, 0.2) is 48.9 Å². The number of hydrogen-bond acceptors (Lipinski definition) is 6. The third-order valence-corrected chi connectivity index (χ3v) is 5.60. The minimum atomic E-state index is -0.875. The van der Waals surface area contributed by atoms with Gasteiger partial charge in [0.05, 0.1) is 23.6 Å². The van der Waals surface area contributed by atoms with Crippen molar-refractivity contribution in [1.29, 1.82) is 0 Å². The number of ether oxygens (including phenoxy) is 1. The molecule has 7 nitrogen and oxygen atoms in total. The van der Waals surface area contributed by atoms with Gasteiger partial charge >= 0.3 is 0 Å². The van der Waals surface area contributed by atoms with Gasteiger partial charge in [0.25, 0.3) is 0 Å². The number of fused-ring (bicyclic) bond motifs is 2. The average Bonchev–Trinajstić information content (AvgIpc) is 3.51. The average molecular weight is 432 g/mol. The molecule has 0 spiro atoms. The van der Waals surface area contributed by atoms with Gasteiger partial charge in [0.15, 0.2) is 0 Å². The SMILES string of the molecule is CC(C)(O)Cn1cc(-c2ccc3cc(OC4CC4)ccc3c2)c2c(NCCN)ncnc21. The Hall–Kier alpha value is -3.16. The Labute approximate surface area is 187 Å². The molecular weight excluding hydrogens is 402 g/mol. The van der Waals surface area contributed by atoms with E-state index in [4.69, 9.17) is 10.5 Å². The lowest BCUT2D eigenvalue weighted by Crippen LogP contribution is -2.25. The van der Waals surface area contributed by atoms with Gasteiger partial charge < -0.3 is 25.5 Å². The highest BCUT2D eigenvalue weighted by Gasteiger charge is 2.24. The molecule has 4 N–H and O–H groups in total. The molecule has 32 heavy (non-hydrogen) atoms. The summed E-state index contributed by atoms with van der Waals surface area (Å²) >= 11 is 0. The molecule has 0 unspecified atom stereocenters. The fourth-order valence-electron chi connectivity index (χ4n) is 4.05. The molecule has 5 rings (SSSR count). The fourth-order valence-corrected chi connectivity index (χ4v) is 4.05. The van der Waals surface area contributed by atoms with E-state index in [0.29, 0.717) is 25.7 Å². The number of anilines is 1. The monoisotopic (exact) mass is 431 g/mol. The summed E-state index contributed by atoms with van der Waals surface area (Å²) in [5.74, 6) is 1.68. The van der Waals surface area contributed by atoms with Crippen LogP contribution in [-0.4, -0.2) is 44.4 Å². The lowest BCUT2D eigenvalue weighted by Gasteiger charge is -2.18. The van der Waals surface area contributed by atoms with Gasteiger partial charge in [-0.05, 0) is 61.2 Å². The summed E-state index contributed by atoms with van der Waals surface area (Å²) in [6.45, 7) is 5.14. The van der Waals surface area contributed by atoms with Gasteiger partial charge in [0.1, 0.15) is 23.5 Å². The molecule has 1 fully saturated rings. The Kier molecular flexibility index (Phi) is 5.23. The molecule has 7 heteroatoms. The Bertz CT molecular complexity index is 1270. The fraction of sp³-hybridized carbons (Fsp3) is 0.360. The minimum absolute atomic E-state index is 0.382. The first kappa shape index (κ1) is 20.7. The second-order valence-corrected chi connectivity index (χ2v) is 9.16. The van der Waals surface area contributed by atoms with Crippen LogP contribution in [0.2, 0.25) is 0 Å². The molecule has 0 radical (unpaired) electrons. The maximum Gasteiger partial charge on any atom is 0.146 e. The molecule has 2 aromatic carbocycles. The molecule has 166 valence electrons. The quantitative estimate of drug-likeness (QED) is 0.391. The number of rotatable bonds is 8. The molecule has 0 saturated heterocycles. The van der Waals surface area contributed by atoms with Crippen molar-refractivity contribution >= 4 is 27.6 Å². The molecule has 2 heterocycles. The normalized spacial score (nSPS) is 14.2. The van der Waals surface area contributed by atoms with Crippen molar-refractivity contribution in [2.24, 2.45) is 5.73 Å². The van der Waals surface area contributed by atoms with Crippen molar-refractivity contribution in [3.8, 4) is 16.9 Å². The van der Waals surface area contributed by atoms with E-state index in [2.05, 4.69) is 51.8 Å². The van der Waals surface area contributed by atoms with Crippen LogP contribution in [0.4, 0.5) is 5.82 Å². The Balaban J connectivity index is 1.61. The highest BCUT2D eigenvalue weighted by molar-refractivity contribution is 6.03. The summed E-state index contributed by atoms with van der Waals surface area (Å²) in [4.78, 5) is 9.02. The van der Waals surface area contributed by atoms with Crippen LogP contribution < -0.4 is 15.8 Å². The molecular formula is C25H29N5O2. The van der Waals surface area contributed by atoms with Crippen LogP contribution in [0.1, 0.15) is 26.7 Å². The molecule has 0 amide bonds. The summed E-state index contributed by atoms with van der Waals surface area (Å²) in [6, 6.07) is 12.7. The Morgan fingerprint density at radius 1 is 1.16 bits per heavy atom. The topological polar surface area (TPSA) is 98.2 Å². The Morgan fingerprint density at radius 2 is 1.94 bits per heavy atom. The predicted molar refractivity (Wildman–Crippen MR) is 128 cm³/mol. The highest BCUT2D eigenvalue weighted by Crippen LogP contribution is 2.36. The summed E-state index contributed by atoms with van der Waals surface area (Å²) < 4.78 is 7.94.